The predicted molar refractivity (Wildman–Crippen MR) is 90.4 cm³/mol. The average molecular weight is 334 g/mol. The topological polar surface area (TPSA) is 51.2 Å². The molecular weight excluding hydrogens is 308 g/mol. The van der Waals surface area contributed by atoms with Gasteiger partial charge in [-0.2, -0.15) is 0 Å². The van der Waals surface area contributed by atoms with Gasteiger partial charge in [-0.3, -0.25) is 4.79 Å². The smallest absolute Gasteiger partial charge is 0.220 e. The first kappa shape index (κ1) is 15.6. The number of rotatable bonds is 5. The second-order valence-electron chi connectivity index (χ2n) is 7.36. The van der Waals surface area contributed by atoms with Crippen molar-refractivity contribution in [3.63, 3.8) is 0 Å². The number of aromatic nitrogens is 1. The molecule has 126 valence electrons. The molecule has 1 aliphatic heterocycles. The van der Waals surface area contributed by atoms with Crippen molar-refractivity contribution in [1.82, 2.24) is 10.3 Å². The number of amides is 1. The van der Waals surface area contributed by atoms with Crippen LogP contribution in [-0.2, 0) is 16.0 Å². The molecule has 2 aliphatic carbocycles. The summed E-state index contributed by atoms with van der Waals surface area (Å²) in [5, 5.41) is 3.36. The number of thiazole rings is 1. The summed E-state index contributed by atoms with van der Waals surface area (Å²) in [6, 6.07) is 0.362. The van der Waals surface area contributed by atoms with Crippen LogP contribution in [0.5, 0.6) is 0 Å². The van der Waals surface area contributed by atoms with Crippen LogP contribution in [0, 0.1) is 24.7 Å². The number of hydrogen-bond acceptors (Lipinski definition) is 4. The largest absolute Gasteiger partial charge is 0.377 e. The van der Waals surface area contributed by atoms with Gasteiger partial charge in [0, 0.05) is 35.8 Å². The zero-order chi connectivity index (χ0) is 15.8. The standard InChI is InChI=1S/C18H26N2O2S/c1-11-14(23-10-19-11)6-7-15(21)20-17-13-8-9-22-18(13)16(17)12-4-2-3-5-12/h10,12-13,16-18H,2-9H2,1H3,(H,20,21)/t13-,16+,17+,18-/m0/s1. The molecule has 3 fully saturated rings. The molecule has 4 nitrogen and oxygen atoms in total. The van der Waals surface area contributed by atoms with Crippen molar-refractivity contribution in [3.8, 4) is 0 Å². The Balaban J connectivity index is 1.34. The van der Waals surface area contributed by atoms with Crippen molar-refractivity contribution in [3.05, 3.63) is 16.1 Å². The maximum atomic E-state index is 12.4. The highest BCUT2D eigenvalue weighted by Gasteiger charge is 2.56. The molecule has 0 spiro atoms. The second-order valence-corrected chi connectivity index (χ2v) is 8.30. The minimum atomic E-state index is 0.205. The van der Waals surface area contributed by atoms with Crippen LogP contribution in [0.3, 0.4) is 0 Å². The average Bonchev–Trinajstić information content (AvgIpc) is 3.25. The number of nitrogens with zero attached hydrogens (tertiary/aromatic N) is 1. The maximum Gasteiger partial charge on any atom is 0.220 e. The lowest BCUT2D eigenvalue weighted by Gasteiger charge is -2.50. The Bertz CT molecular complexity index is 562. The SMILES string of the molecule is Cc1ncsc1CCC(=O)N[C@@H]1[C@@H]2CCO[C@@H]2[C@@H]1C1CCCC1. The number of nitrogens with one attached hydrogen (secondary N) is 1. The monoisotopic (exact) mass is 334 g/mol. The quantitative estimate of drug-likeness (QED) is 0.900. The van der Waals surface area contributed by atoms with Gasteiger partial charge in [0.15, 0.2) is 0 Å². The Labute approximate surface area is 142 Å². The van der Waals surface area contributed by atoms with E-state index in [0.29, 0.717) is 30.4 Å². The Morgan fingerprint density at radius 2 is 2.22 bits per heavy atom. The molecule has 23 heavy (non-hydrogen) atoms. The summed E-state index contributed by atoms with van der Waals surface area (Å²) in [5.74, 6) is 2.10. The molecule has 0 bridgehead atoms. The van der Waals surface area contributed by atoms with Crippen molar-refractivity contribution in [1.29, 1.82) is 0 Å². The Hall–Kier alpha value is -0.940. The lowest BCUT2D eigenvalue weighted by molar-refractivity contribution is -0.129. The fourth-order valence-electron chi connectivity index (χ4n) is 4.91. The third-order valence-electron chi connectivity index (χ3n) is 6.13. The predicted octanol–water partition coefficient (Wildman–Crippen LogP) is 3.09. The first-order valence-corrected chi connectivity index (χ1v) is 9.92. The Kier molecular flexibility index (Phi) is 4.41. The van der Waals surface area contributed by atoms with Gasteiger partial charge >= 0.3 is 0 Å². The van der Waals surface area contributed by atoms with E-state index in [-0.39, 0.29) is 5.91 Å². The van der Waals surface area contributed by atoms with E-state index in [0.717, 1.165) is 31.1 Å². The lowest BCUT2D eigenvalue weighted by Crippen LogP contribution is -2.63. The van der Waals surface area contributed by atoms with Gasteiger partial charge in [0.1, 0.15) is 0 Å². The van der Waals surface area contributed by atoms with Crippen LogP contribution in [0.1, 0.15) is 49.1 Å². The highest BCUT2D eigenvalue weighted by molar-refractivity contribution is 7.09. The summed E-state index contributed by atoms with van der Waals surface area (Å²) in [7, 11) is 0. The fraction of sp³-hybridized carbons (Fsp3) is 0.778. The first-order chi connectivity index (χ1) is 11.2. The van der Waals surface area contributed by atoms with E-state index in [2.05, 4.69) is 10.3 Å². The number of hydrogen-bond donors (Lipinski definition) is 1. The van der Waals surface area contributed by atoms with Crippen LogP contribution in [-0.4, -0.2) is 29.6 Å². The molecule has 0 radical (unpaired) electrons. The summed E-state index contributed by atoms with van der Waals surface area (Å²) in [6.45, 7) is 2.90. The van der Waals surface area contributed by atoms with E-state index >= 15 is 0 Å². The maximum absolute atomic E-state index is 12.4. The van der Waals surface area contributed by atoms with Crippen molar-refractivity contribution in [2.45, 2.75) is 64.0 Å². The van der Waals surface area contributed by atoms with E-state index in [9.17, 15) is 4.79 Å². The molecule has 2 saturated carbocycles. The van der Waals surface area contributed by atoms with Gasteiger partial charge in [-0.15, -0.1) is 11.3 Å². The molecule has 5 heteroatoms. The van der Waals surface area contributed by atoms with Crippen LogP contribution in [0.4, 0.5) is 0 Å². The molecule has 1 saturated heterocycles. The van der Waals surface area contributed by atoms with Crippen molar-refractivity contribution < 1.29 is 9.53 Å². The van der Waals surface area contributed by atoms with Crippen LogP contribution < -0.4 is 5.32 Å². The number of ether oxygens (including phenoxy) is 1. The molecular formula is C18H26N2O2S. The van der Waals surface area contributed by atoms with Gasteiger partial charge in [-0.25, -0.2) is 4.98 Å². The Morgan fingerprint density at radius 1 is 1.39 bits per heavy atom. The second kappa shape index (κ2) is 6.52. The van der Waals surface area contributed by atoms with Crippen molar-refractivity contribution >= 4 is 17.2 Å². The molecule has 0 aromatic carbocycles. The molecule has 1 aromatic rings. The van der Waals surface area contributed by atoms with E-state index in [1.165, 1.54) is 30.6 Å². The minimum Gasteiger partial charge on any atom is -0.377 e. The number of carbonyl (C=O) groups is 1. The van der Waals surface area contributed by atoms with Gasteiger partial charge < -0.3 is 10.1 Å². The van der Waals surface area contributed by atoms with Crippen LogP contribution >= 0.6 is 11.3 Å². The van der Waals surface area contributed by atoms with Crippen LogP contribution in [0.25, 0.3) is 0 Å². The molecule has 1 aromatic heterocycles. The summed E-state index contributed by atoms with van der Waals surface area (Å²) >= 11 is 1.66. The van der Waals surface area contributed by atoms with Gasteiger partial charge in [0.2, 0.25) is 5.91 Å². The third kappa shape index (κ3) is 2.93. The van der Waals surface area contributed by atoms with Crippen LogP contribution in [0.2, 0.25) is 0 Å². The zero-order valence-corrected chi connectivity index (χ0v) is 14.6. The normalized spacial score (nSPS) is 33.4. The third-order valence-corrected chi connectivity index (χ3v) is 7.13. The van der Waals surface area contributed by atoms with Crippen molar-refractivity contribution in [2.75, 3.05) is 6.61 Å². The number of fused-ring (bicyclic) bond motifs is 1. The molecule has 0 unspecified atom stereocenters. The summed E-state index contributed by atoms with van der Waals surface area (Å²) in [6.07, 6.45) is 8.28. The molecule has 4 rings (SSSR count). The fourth-order valence-corrected chi connectivity index (χ4v) is 5.69. The zero-order valence-electron chi connectivity index (χ0n) is 13.8. The van der Waals surface area contributed by atoms with E-state index in [1.54, 1.807) is 11.3 Å². The lowest BCUT2D eigenvalue weighted by atomic mass is 9.61. The van der Waals surface area contributed by atoms with Gasteiger partial charge in [0.25, 0.3) is 0 Å². The summed E-state index contributed by atoms with van der Waals surface area (Å²) in [5.41, 5.74) is 2.94. The highest BCUT2D eigenvalue weighted by atomic mass is 32.1. The van der Waals surface area contributed by atoms with E-state index < -0.39 is 0 Å². The highest BCUT2D eigenvalue weighted by Crippen LogP contribution is 2.51. The molecule has 1 amide bonds. The number of carbonyl (C=O) groups excluding carboxylic acids is 1. The molecule has 3 aliphatic rings. The summed E-state index contributed by atoms with van der Waals surface area (Å²) < 4.78 is 5.97. The van der Waals surface area contributed by atoms with Crippen LogP contribution in [0.15, 0.2) is 5.51 Å². The number of aryl methyl sites for hydroxylation is 2. The van der Waals surface area contributed by atoms with Crippen molar-refractivity contribution in [2.24, 2.45) is 17.8 Å². The van der Waals surface area contributed by atoms with Gasteiger partial charge in [-0.05, 0) is 25.7 Å². The van der Waals surface area contributed by atoms with Gasteiger partial charge in [0.05, 0.1) is 17.3 Å². The Morgan fingerprint density at radius 3 is 2.96 bits per heavy atom. The van der Waals surface area contributed by atoms with E-state index in [4.69, 9.17) is 4.74 Å². The molecule has 2 heterocycles. The molecule has 1 N–H and O–H groups in total. The summed E-state index contributed by atoms with van der Waals surface area (Å²) in [4.78, 5) is 17.9. The first-order valence-electron chi connectivity index (χ1n) is 9.04. The van der Waals surface area contributed by atoms with E-state index in [1.807, 2.05) is 12.4 Å². The molecule has 4 atom stereocenters. The van der Waals surface area contributed by atoms with Gasteiger partial charge in [-0.1, -0.05) is 25.7 Å². The minimum absolute atomic E-state index is 0.205.